The first-order valence-electron chi connectivity index (χ1n) is 10.7. The molecule has 0 aromatic carbocycles. The Labute approximate surface area is 184 Å². The third kappa shape index (κ3) is 5.04. The van der Waals surface area contributed by atoms with Crippen molar-refractivity contribution in [3.63, 3.8) is 0 Å². The van der Waals surface area contributed by atoms with Crippen LogP contribution >= 0.6 is 0 Å². The number of fused-ring (bicyclic) bond motifs is 1. The van der Waals surface area contributed by atoms with E-state index in [0.29, 0.717) is 13.2 Å². The lowest BCUT2D eigenvalue weighted by molar-refractivity contribution is -0.145. The van der Waals surface area contributed by atoms with E-state index in [4.69, 9.17) is 4.74 Å². The maximum Gasteiger partial charge on any atom is 0.308 e. The van der Waals surface area contributed by atoms with Gasteiger partial charge in [-0.25, -0.2) is 9.97 Å². The van der Waals surface area contributed by atoms with Gasteiger partial charge in [0.05, 0.1) is 23.3 Å². The second-order valence-corrected chi connectivity index (χ2v) is 15.3. The Hall–Kier alpha value is -2.52. The van der Waals surface area contributed by atoms with Gasteiger partial charge >= 0.3 is 5.97 Å². The first kappa shape index (κ1) is 23.1. The molecule has 1 unspecified atom stereocenters. The van der Waals surface area contributed by atoms with E-state index in [2.05, 4.69) is 34.7 Å². The third-order valence-electron chi connectivity index (χ3n) is 5.79. The summed E-state index contributed by atoms with van der Waals surface area (Å²) in [5.41, 5.74) is 1.75. The summed E-state index contributed by atoms with van der Waals surface area (Å²) in [4.78, 5) is 20.6. The summed E-state index contributed by atoms with van der Waals surface area (Å²) in [6.07, 6.45) is 7.64. The summed E-state index contributed by atoms with van der Waals surface area (Å²) >= 11 is 0. The average Bonchev–Trinajstić information content (AvgIpc) is 3.32. The van der Waals surface area contributed by atoms with Crippen LogP contribution in [0.2, 0.25) is 25.7 Å². The van der Waals surface area contributed by atoms with Crippen LogP contribution in [0.5, 0.6) is 0 Å². The first-order chi connectivity index (χ1) is 14.5. The maximum absolute atomic E-state index is 11.7. The summed E-state index contributed by atoms with van der Waals surface area (Å²) in [7, 11) is -1.12. The van der Waals surface area contributed by atoms with Crippen LogP contribution in [0.3, 0.4) is 0 Å². The molecule has 0 fully saturated rings. The standard InChI is InChI=1S/C22H33N5O3Si/c1-7-18(21(28)29)22(2,3)27-13-16(12-25-27)19-17-8-9-26(20(17)24-14-23-19)15-30-10-11-31(4,5)6/h8-9,12-14,18H,7,10-11,15H2,1-6H3,(H,28,29). The van der Waals surface area contributed by atoms with Crippen molar-refractivity contribution in [2.75, 3.05) is 6.61 Å². The molecule has 0 aliphatic heterocycles. The van der Waals surface area contributed by atoms with Gasteiger partial charge < -0.3 is 14.4 Å². The lowest BCUT2D eigenvalue weighted by Crippen LogP contribution is -2.40. The molecule has 9 heteroatoms. The second-order valence-electron chi connectivity index (χ2n) is 9.72. The van der Waals surface area contributed by atoms with Crippen LogP contribution in [-0.4, -0.2) is 50.1 Å². The SMILES string of the molecule is CCC(C(=O)O)C(C)(C)n1cc(-c2ncnc3c2ccn3COCC[Si](C)(C)C)cn1. The van der Waals surface area contributed by atoms with Crippen molar-refractivity contribution < 1.29 is 14.6 Å². The first-order valence-corrected chi connectivity index (χ1v) is 14.4. The van der Waals surface area contributed by atoms with Gasteiger partial charge in [-0.3, -0.25) is 9.48 Å². The van der Waals surface area contributed by atoms with E-state index in [1.165, 1.54) is 0 Å². The Balaban J connectivity index is 1.85. The van der Waals surface area contributed by atoms with E-state index in [-0.39, 0.29) is 0 Å². The quantitative estimate of drug-likeness (QED) is 0.367. The molecule has 0 amide bonds. The molecule has 0 bridgehead atoms. The molecule has 0 aliphatic carbocycles. The molecule has 1 atom stereocenters. The number of carbonyl (C=O) groups is 1. The molecule has 3 rings (SSSR count). The van der Waals surface area contributed by atoms with Crippen LogP contribution in [0, 0.1) is 5.92 Å². The molecule has 168 valence electrons. The Morgan fingerprint density at radius 3 is 2.68 bits per heavy atom. The second kappa shape index (κ2) is 8.92. The molecule has 3 aromatic heterocycles. The third-order valence-corrected chi connectivity index (χ3v) is 7.49. The van der Waals surface area contributed by atoms with Gasteiger partial charge in [0.15, 0.2) is 0 Å². The topological polar surface area (TPSA) is 95.1 Å². The number of carboxylic acids is 1. The largest absolute Gasteiger partial charge is 0.481 e. The molecule has 3 aromatic rings. The van der Waals surface area contributed by atoms with Crippen molar-refractivity contribution >= 4 is 25.1 Å². The van der Waals surface area contributed by atoms with Crippen molar-refractivity contribution in [1.29, 1.82) is 0 Å². The molecule has 0 spiro atoms. The summed E-state index contributed by atoms with van der Waals surface area (Å²) in [5.74, 6) is -1.36. The predicted molar refractivity (Wildman–Crippen MR) is 124 cm³/mol. The number of nitrogens with zero attached hydrogens (tertiary/aromatic N) is 5. The number of aliphatic carboxylic acids is 1. The van der Waals surface area contributed by atoms with Crippen molar-refractivity contribution in [1.82, 2.24) is 24.3 Å². The highest BCUT2D eigenvalue weighted by Crippen LogP contribution is 2.31. The molecule has 0 saturated carbocycles. The van der Waals surface area contributed by atoms with Gasteiger partial charge in [0.1, 0.15) is 18.7 Å². The Morgan fingerprint density at radius 1 is 1.29 bits per heavy atom. The fourth-order valence-electron chi connectivity index (χ4n) is 3.78. The smallest absolute Gasteiger partial charge is 0.308 e. The van der Waals surface area contributed by atoms with Gasteiger partial charge in [-0.2, -0.15) is 5.10 Å². The molecular weight excluding hydrogens is 410 g/mol. The zero-order valence-corrected chi connectivity index (χ0v) is 20.3. The maximum atomic E-state index is 11.7. The highest BCUT2D eigenvalue weighted by molar-refractivity contribution is 6.76. The summed E-state index contributed by atoms with van der Waals surface area (Å²) in [6, 6.07) is 3.11. The normalized spacial score (nSPS) is 13.6. The highest BCUT2D eigenvalue weighted by Gasteiger charge is 2.36. The Bertz CT molecular complexity index is 1050. The Kier molecular flexibility index (Phi) is 6.66. The number of hydrogen-bond acceptors (Lipinski definition) is 5. The Morgan fingerprint density at radius 2 is 2.03 bits per heavy atom. The minimum absolute atomic E-state index is 0.452. The van der Waals surface area contributed by atoms with Crippen LogP contribution in [0.4, 0.5) is 0 Å². The van der Waals surface area contributed by atoms with Crippen molar-refractivity contribution in [3.05, 3.63) is 31.0 Å². The fourth-order valence-corrected chi connectivity index (χ4v) is 4.53. The number of hydrogen-bond donors (Lipinski definition) is 1. The van der Waals surface area contributed by atoms with E-state index in [9.17, 15) is 9.90 Å². The van der Waals surface area contributed by atoms with Gasteiger partial charge in [0, 0.05) is 38.0 Å². The van der Waals surface area contributed by atoms with Crippen molar-refractivity contribution in [3.8, 4) is 11.3 Å². The molecular formula is C22H33N5O3Si. The summed E-state index contributed by atoms with van der Waals surface area (Å²) in [6.45, 7) is 13.9. The van der Waals surface area contributed by atoms with Crippen LogP contribution in [0.1, 0.15) is 27.2 Å². The van der Waals surface area contributed by atoms with E-state index < -0.39 is 25.5 Å². The summed E-state index contributed by atoms with van der Waals surface area (Å²) < 4.78 is 9.60. The van der Waals surface area contributed by atoms with Gasteiger partial charge in [-0.15, -0.1) is 0 Å². The van der Waals surface area contributed by atoms with E-state index in [0.717, 1.165) is 34.9 Å². The van der Waals surface area contributed by atoms with E-state index >= 15 is 0 Å². The molecule has 0 saturated heterocycles. The van der Waals surface area contributed by atoms with Gasteiger partial charge in [-0.1, -0.05) is 26.6 Å². The zero-order valence-electron chi connectivity index (χ0n) is 19.3. The lowest BCUT2D eigenvalue weighted by Gasteiger charge is -2.31. The van der Waals surface area contributed by atoms with Gasteiger partial charge in [-0.05, 0) is 32.4 Å². The minimum atomic E-state index is -1.12. The minimum Gasteiger partial charge on any atom is -0.481 e. The van der Waals surface area contributed by atoms with Crippen LogP contribution in [-0.2, 0) is 21.8 Å². The number of carboxylic acid groups (broad SMARTS) is 1. The van der Waals surface area contributed by atoms with Gasteiger partial charge in [0.25, 0.3) is 0 Å². The molecule has 31 heavy (non-hydrogen) atoms. The molecule has 8 nitrogen and oxygen atoms in total. The number of aromatic nitrogens is 5. The fraction of sp³-hybridized carbons (Fsp3) is 0.545. The monoisotopic (exact) mass is 443 g/mol. The molecule has 0 aliphatic rings. The average molecular weight is 444 g/mol. The van der Waals surface area contributed by atoms with Crippen LogP contribution in [0.25, 0.3) is 22.3 Å². The van der Waals surface area contributed by atoms with Gasteiger partial charge in [0.2, 0.25) is 0 Å². The van der Waals surface area contributed by atoms with Crippen LogP contribution in [0.15, 0.2) is 31.0 Å². The van der Waals surface area contributed by atoms with E-state index in [1.807, 2.05) is 43.8 Å². The lowest BCUT2D eigenvalue weighted by atomic mass is 9.85. The van der Waals surface area contributed by atoms with Crippen LogP contribution < -0.4 is 0 Å². The predicted octanol–water partition coefficient (Wildman–Crippen LogP) is 4.45. The number of ether oxygens (including phenoxy) is 1. The number of rotatable bonds is 10. The highest BCUT2D eigenvalue weighted by atomic mass is 28.3. The molecule has 3 heterocycles. The zero-order chi connectivity index (χ0) is 22.8. The van der Waals surface area contributed by atoms with Crippen molar-refractivity contribution in [2.45, 2.75) is 65.1 Å². The molecule has 1 N–H and O–H groups in total. The summed E-state index contributed by atoms with van der Waals surface area (Å²) in [5, 5.41) is 15.0. The van der Waals surface area contributed by atoms with E-state index in [1.54, 1.807) is 17.2 Å². The van der Waals surface area contributed by atoms with Crippen molar-refractivity contribution in [2.24, 2.45) is 5.92 Å². The molecule has 0 radical (unpaired) electrons.